The Labute approximate surface area is 117 Å². The molecule has 1 aromatic heterocycles. The van der Waals surface area contributed by atoms with E-state index in [-0.39, 0.29) is 11.6 Å². The SMILES string of the molecule is CCCc1ccccc1NC(=O)c1cnc(NN)cn1. The lowest BCUT2D eigenvalue weighted by molar-refractivity contribution is 0.102. The van der Waals surface area contributed by atoms with Gasteiger partial charge in [-0.2, -0.15) is 0 Å². The fourth-order valence-corrected chi connectivity index (χ4v) is 1.84. The maximum Gasteiger partial charge on any atom is 0.275 e. The average Bonchev–Trinajstić information content (AvgIpc) is 2.49. The lowest BCUT2D eigenvalue weighted by atomic mass is 10.1. The number of carbonyl (C=O) groups excluding carboxylic acids is 1. The molecule has 6 heteroatoms. The maximum absolute atomic E-state index is 12.1. The number of amides is 1. The Morgan fingerprint density at radius 1 is 1.25 bits per heavy atom. The van der Waals surface area contributed by atoms with Gasteiger partial charge in [0.1, 0.15) is 5.69 Å². The van der Waals surface area contributed by atoms with E-state index in [0.717, 1.165) is 24.1 Å². The fraction of sp³-hybridized carbons (Fsp3) is 0.214. The highest BCUT2D eigenvalue weighted by Crippen LogP contribution is 2.17. The van der Waals surface area contributed by atoms with Crippen LogP contribution in [0.2, 0.25) is 0 Å². The Hall–Kier alpha value is -2.47. The first-order valence-electron chi connectivity index (χ1n) is 6.42. The molecular weight excluding hydrogens is 254 g/mol. The molecule has 4 N–H and O–H groups in total. The monoisotopic (exact) mass is 271 g/mol. The molecule has 0 atom stereocenters. The van der Waals surface area contributed by atoms with Crippen molar-refractivity contribution in [1.82, 2.24) is 9.97 Å². The second-order valence-corrected chi connectivity index (χ2v) is 4.29. The number of hydrogen-bond donors (Lipinski definition) is 3. The summed E-state index contributed by atoms with van der Waals surface area (Å²) in [5.41, 5.74) is 4.52. The fourth-order valence-electron chi connectivity index (χ4n) is 1.84. The van der Waals surface area contributed by atoms with Gasteiger partial charge in [-0.25, -0.2) is 15.8 Å². The van der Waals surface area contributed by atoms with E-state index in [0.29, 0.717) is 5.82 Å². The maximum atomic E-state index is 12.1. The molecule has 1 amide bonds. The quantitative estimate of drug-likeness (QED) is 0.571. The molecule has 0 bridgehead atoms. The molecule has 20 heavy (non-hydrogen) atoms. The minimum Gasteiger partial charge on any atom is -0.320 e. The summed E-state index contributed by atoms with van der Waals surface area (Å²) in [6.07, 6.45) is 4.72. The summed E-state index contributed by atoms with van der Waals surface area (Å²) in [4.78, 5) is 20.1. The summed E-state index contributed by atoms with van der Waals surface area (Å²) in [7, 11) is 0. The van der Waals surface area contributed by atoms with Crippen molar-refractivity contribution in [1.29, 1.82) is 0 Å². The molecule has 0 spiro atoms. The van der Waals surface area contributed by atoms with Gasteiger partial charge in [0, 0.05) is 5.69 Å². The minimum absolute atomic E-state index is 0.246. The number of nitrogens with zero attached hydrogens (tertiary/aromatic N) is 2. The first-order chi connectivity index (χ1) is 9.74. The van der Waals surface area contributed by atoms with Crippen LogP contribution in [0.4, 0.5) is 11.5 Å². The van der Waals surface area contributed by atoms with E-state index in [2.05, 4.69) is 27.6 Å². The van der Waals surface area contributed by atoms with E-state index in [1.54, 1.807) is 0 Å². The van der Waals surface area contributed by atoms with Crippen LogP contribution in [0.1, 0.15) is 29.4 Å². The highest BCUT2D eigenvalue weighted by Gasteiger charge is 2.10. The molecular formula is C14H17N5O. The number of para-hydroxylation sites is 1. The zero-order valence-electron chi connectivity index (χ0n) is 11.3. The van der Waals surface area contributed by atoms with Crippen molar-refractivity contribution in [3.05, 3.63) is 47.9 Å². The Balaban J connectivity index is 2.14. The smallest absolute Gasteiger partial charge is 0.275 e. The summed E-state index contributed by atoms with van der Waals surface area (Å²) < 4.78 is 0. The van der Waals surface area contributed by atoms with Gasteiger partial charge in [-0.15, -0.1) is 0 Å². The van der Waals surface area contributed by atoms with Crippen LogP contribution >= 0.6 is 0 Å². The van der Waals surface area contributed by atoms with Crippen LogP contribution in [0.15, 0.2) is 36.7 Å². The third-order valence-electron chi connectivity index (χ3n) is 2.82. The van der Waals surface area contributed by atoms with E-state index in [1.807, 2.05) is 24.3 Å². The molecule has 0 aliphatic rings. The third-order valence-corrected chi connectivity index (χ3v) is 2.82. The van der Waals surface area contributed by atoms with Crippen LogP contribution in [0.25, 0.3) is 0 Å². The second kappa shape index (κ2) is 6.63. The molecule has 1 heterocycles. The van der Waals surface area contributed by atoms with E-state index < -0.39 is 0 Å². The number of anilines is 2. The summed E-state index contributed by atoms with van der Waals surface area (Å²) in [6, 6.07) is 7.74. The predicted molar refractivity (Wildman–Crippen MR) is 78.2 cm³/mol. The molecule has 0 aliphatic carbocycles. The molecule has 0 unspecified atom stereocenters. The van der Waals surface area contributed by atoms with Crippen LogP contribution in [0, 0.1) is 0 Å². The van der Waals surface area contributed by atoms with Gasteiger partial charge < -0.3 is 10.7 Å². The van der Waals surface area contributed by atoms with E-state index in [9.17, 15) is 4.79 Å². The van der Waals surface area contributed by atoms with E-state index >= 15 is 0 Å². The van der Waals surface area contributed by atoms with Crippen LogP contribution in [-0.4, -0.2) is 15.9 Å². The van der Waals surface area contributed by atoms with E-state index in [1.165, 1.54) is 12.4 Å². The molecule has 0 aliphatic heterocycles. The number of nitrogens with two attached hydrogens (primary N) is 1. The molecule has 0 fully saturated rings. The highest BCUT2D eigenvalue weighted by atomic mass is 16.1. The normalized spacial score (nSPS) is 10.1. The van der Waals surface area contributed by atoms with Gasteiger partial charge in [0.05, 0.1) is 12.4 Å². The Morgan fingerprint density at radius 3 is 2.70 bits per heavy atom. The van der Waals surface area contributed by atoms with Gasteiger partial charge in [0.15, 0.2) is 5.82 Å². The summed E-state index contributed by atoms with van der Waals surface area (Å²) in [5.74, 6) is 5.32. The van der Waals surface area contributed by atoms with Crippen molar-refractivity contribution < 1.29 is 4.79 Å². The highest BCUT2D eigenvalue weighted by molar-refractivity contribution is 6.03. The van der Waals surface area contributed by atoms with Crippen LogP contribution in [0.3, 0.4) is 0 Å². The number of hydrogen-bond acceptors (Lipinski definition) is 5. The van der Waals surface area contributed by atoms with Gasteiger partial charge in [-0.3, -0.25) is 4.79 Å². The van der Waals surface area contributed by atoms with Crippen LogP contribution < -0.4 is 16.6 Å². The van der Waals surface area contributed by atoms with Crippen molar-refractivity contribution in [2.45, 2.75) is 19.8 Å². The molecule has 1 aromatic carbocycles. The third kappa shape index (κ3) is 3.30. The predicted octanol–water partition coefficient (Wildman–Crippen LogP) is 1.97. The number of benzene rings is 1. The van der Waals surface area contributed by atoms with Gasteiger partial charge in [-0.05, 0) is 18.1 Å². The molecule has 6 nitrogen and oxygen atoms in total. The number of rotatable bonds is 5. The average molecular weight is 271 g/mol. The van der Waals surface area contributed by atoms with Crippen molar-refractivity contribution in [2.24, 2.45) is 5.84 Å². The molecule has 104 valence electrons. The Bertz CT molecular complexity index is 582. The standard InChI is InChI=1S/C14H17N5O/c1-2-5-10-6-3-4-7-11(10)18-14(20)12-8-17-13(19-15)9-16-12/h3-4,6-9H,2,5,15H2,1H3,(H,17,19)(H,18,20). The van der Waals surface area contributed by atoms with Gasteiger partial charge in [0.2, 0.25) is 0 Å². The molecule has 0 saturated carbocycles. The number of hydrazine groups is 1. The molecule has 0 saturated heterocycles. The van der Waals surface area contributed by atoms with Crippen LogP contribution in [-0.2, 0) is 6.42 Å². The number of aromatic nitrogens is 2. The lowest BCUT2D eigenvalue weighted by Crippen LogP contribution is -2.16. The second-order valence-electron chi connectivity index (χ2n) is 4.29. The molecule has 0 radical (unpaired) electrons. The van der Waals surface area contributed by atoms with Crippen LogP contribution in [0.5, 0.6) is 0 Å². The van der Waals surface area contributed by atoms with Gasteiger partial charge in [0.25, 0.3) is 5.91 Å². The Morgan fingerprint density at radius 2 is 2.05 bits per heavy atom. The minimum atomic E-state index is -0.287. The first-order valence-corrected chi connectivity index (χ1v) is 6.42. The van der Waals surface area contributed by atoms with Crippen molar-refractivity contribution >= 4 is 17.4 Å². The number of nitrogen functional groups attached to an aromatic ring is 1. The zero-order chi connectivity index (χ0) is 14.4. The van der Waals surface area contributed by atoms with Crippen molar-refractivity contribution in [3.63, 3.8) is 0 Å². The largest absolute Gasteiger partial charge is 0.320 e. The van der Waals surface area contributed by atoms with Crippen molar-refractivity contribution in [2.75, 3.05) is 10.7 Å². The molecule has 2 aromatic rings. The number of nitrogens with one attached hydrogen (secondary N) is 2. The van der Waals surface area contributed by atoms with Gasteiger partial charge >= 0.3 is 0 Å². The molecule has 2 rings (SSSR count). The summed E-state index contributed by atoms with van der Waals surface area (Å²) >= 11 is 0. The lowest BCUT2D eigenvalue weighted by Gasteiger charge is -2.10. The van der Waals surface area contributed by atoms with Gasteiger partial charge in [-0.1, -0.05) is 31.5 Å². The van der Waals surface area contributed by atoms with E-state index in [4.69, 9.17) is 5.84 Å². The topological polar surface area (TPSA) is 92.9 Å². The summed E-state index contributed by atoms with van der Waals surface area (Å²) in [5, 5.41) is 2.86. The zero-order valence-corrected chi connectivity index (χ0v) is 11.3. The van der Waals surface area contributed by atoms with Crippen molar-refractivity contribution in [3.8, 4) is 0 Å². The summed E-state index contributed by atoms with van der Waals surface area (Å²) in [6.45, 7) is 2.10. The Kier molecular flexibility index (Phi) is 4.62. The number of aryl methyl sites for hydroxylation is 1. The first kappa shape index (κ1) is 14.0. The number of carbonyl (C=O) groups is 1.